The first-order chi connectivity index (χ1) is 9.05. The van der Waals surface area contributed by atoms with Crippen LogP contribution >= 0.6 is 0 Å². The summed E-state index contributed by atoms with van der Waals surface area (Å²) in [6, 6.07) is 5.03. The number of hydrogen-bond donors (Lipinski definition) is 1. The van der Waals surface area contributed by atoms with Crippen molar-refractivity contribution in [1.29, 1.82) is 0 Å². The van der Waals surface area contributed by atoms with E-state index in [1.54, 1.807) is 19.1 Å². The van der Waals surface area contributed by atoms with Crippen molar-refractivity contribution in [2.75, 3.05) is 11.9 Å². The van der Waals surface area contributed by atoms with E-state index in [1.165, 1.54) is 6.07 Å². The summed E-state index contributed by atoms with van der Waals surface area (Å²) in [6.07, 6.45) is -0.715. The molecule has 20 heavy (non-hydrogen) atoms. The molecule has 0 aliphatic carbocycles. The molecule has 0 fully saturated rings. The van der Waals surface area contributed by atoms with E-state index in [4.69, 9.17) is 0 Å². The van der Waals surface area contributed by atoms with Gasteiger partial charge in [-0.15, -0.1) is 0 Å². The van der Waals surface area contributed by atoms with Crippen LogP contribution in [-0.4, -0.2) is 23.1 Å². The van der Waals surface area contributed by atoms with Crippen molar-refractivity contribution in [3.05, 3.63) is 33.9 Å². The molecule has 0 saturated carbocycles. The minimum absolute atomic E-state index is 0.00552. The normalized spacial score (nSPS) is 14.8. The number of rotatable bonds is 4. The van der Waals surface area contributed by atoms with Gasteiger partial charge >= 0.3 is 0 Å². The second-order valence-corrected chi connectivity index (χ2v) is 6.33. The van der Waals surface area contributed by atoms with Crippen LogP contribution in [0.5, 0.6) is 0 Å². The molecule has 2 atom stereocenters. The zero-order valence-corrected chi connectivity index (χ0v) is 13.0. The largest absolute Gasteiger partial charge is 0.389 e. The number of aliphatic hydroxyl groups is 1. The molecule has 0 spiro atoms. The maximum Gasteiger partial charge on any atom is 0.292 e. The lowest BCUT2D eigenvalue weighted by atomic mass is 9.87. The Morgan fingerprint density at radius 1 is 1.30 bits per heavy atom. The van der Waals surface area contributed by atoms with Gasteiger partial charge in [0.25, 0.3) is 5.69 Å². The summed E-state index contributed by atoms with van der Waals surface area (Å²) in [7, 11) is 1.86. The van der Waals surface area contributed by atoms with Gasteiger partial charge in [-0.3, -0.25) is 10.1 Å². The Kier molecular flexibility index (Phi) is 4.76. The Balaban J connectivity index is 3.27. The fourth-order valence-electron chi connectivity index (χ4n) is 2.03. The van der Waals surface area contributed by atoms with E-state index in [9.17, 15) is 15.2 Å². The highest BCUT2D eigenvalue weighted by molar-refractivity contribution is 5.64. The van der Waals surface area contributed by atoms with E-state index in [0.29, 0.717) is 11.3 Å². The van der Waals surface area contributed by atoms with Crippen LogP contribution in [0.1, 0.15) is 46.3 Å². The molecule has 1 aromatic rings. The number of hydrogen-bond acceptors (Lipinski definition) is 4. The lowest BCUT2D eigenvalue weighted by Crippen LogP contribution is -2.39. The van der Waals surface area contributed by atoms with Gasteiger partial charge < -0.3 is 10.0 Å². The number of nitro benzene ring substituents is 1. The van der Waals surface area contributed by atoms with E-state index >= 15 is 0 Å². The highest BCUT2D eigenvalue weighted by Crippen LogP contribution is 2.35. The Morgan fingerprint density at radius 3 is 2.25 bits per heavy atom. The van der Waals surface area contributed by atoms with E-state index < -0.39 is 11.0 Å². The monoisotopic (exact) mass is 280 g/mol. The highest BCUT2D eigenvalue weighted by atomic mass is 16.6. The molecule has 1 aromatic carbocycles. The van der Waals surface area contributed by atoms with Crippen LogP contribution < -0.4 is 4.90 Å². The van der Waals surface area contributed by atoms with Gasteiger partial charge in [-0.05, 0) is 30.9 Å². The molecule has 0 bridgehead atoms. The van der Waals surface area contributed by atoms with E-state index in [0.717, 1.165) is 0 Å². The smallest absolute Gasteiger partial charge is 0.292 e. The summed E-state index contributed by atoms with van der Waals surface area (Å²) in [6.45, 7) is 9.95. The minimum atomic E-state index is -0.715. The molecule has 0 amide bonds. The Labute approximate surface area is 120 Å². The van der Waals surface area contributed by atoms with Crippen LogP contribution in [-0.2, 0) is 0 Å². The van der Waals surface area contributed by atoms with Gasteiger partial charge in [0.15, 0.2) is 0 Å². The van der Waals surface area contributed by atoms with Crippen LogP contribution in [0.3, 0.4) is 0 Å². The number of benzene rings is 1. The number of nitrogens with zero attached hydrogens (tertiary/aromatic N) is 2. The average Bonchev–Trinajstić information content (AvgIpc) is 2.34. The molecule has 1 N–H and O–H groups in total. The van der Waals surface area contributed by atoms with E-state index in [1.807, 2.05) is 18.9 Å². The zero-order valence-electron chi connectivity index (χ0n) is 13.0. The summed E-state index contributed by atoms with van der Waals surface area (Å²) in [4.78, 5) is 12.8. The maximum atomic E-state index is 11.3. The molecular weight excluding hydrogens is 256 g/mol. The number of anilines is 1. The van der Waals surface area contributed by atoms with Crippen molar-refractivity contribution < 1.29 is 10.0 Å². The molecule has 0 aromatic heterocycles. The third-order valence-corrected chi connectivity index (χ3v) is 3.89. The van der Waals surface area contributed by atoms with Gasteiger partial charge in [0.05, 0.1) is 11.0 Å². The van der Waals surface area contributed by atoms with Crippen molar-refractivity contribution in [1.82, 2.24) is 0 Å². The van der Waals surface area contributed by atoms with E-state index in [-0.39, 0.29) is 17.1 Å². The van der Waals surface area contributed by atoms with Crippen molar-refractivity contribution in [3.8, 4) is 0 Å². The van der Waals surface area contributed by atoms with Gasteiger partial charge in [0, 0.05) is 19.2 Å². The molecule has 0 heterocycles. The lowest BCUT2D eigenvalue weighted by molar-refractivity contribution is -0.384. The quantitative estimate of drug-likeness (QED) is 0.677. The van der Waals surface area contributed by atoms with Crippen LogP contribution in [0, 0.1) is 15.5 Å². The molecule has 112 valence electrons. The molecule has 0 saturated heterocycles. The van der Waals surface area contributed by atoms with Gasteiger partial charge in [-0.1, -0.05) is 26.8 Å². The van der Waals surface area contributed by atoms with Crippen molar-refractivity contribution in [3.63, 3.8) is 0 Å². The second kappa shape index (κ2) is 5.79. The predicted octanol–water partition coefficient (Wildman–Crippen LogP) is 3.52. The Hall–Kier alpha value is -1.62. The molecule has 1 unspecified atom stereocenters. The van der Waals surface area contributed by atoms with Gasteiger partial charge in [-0.2, -0.15) is 0 Å². The van der Waals surface area contributed by atoms with Crippen LogP contribution in [0.15, 0.2) is 18.2 Å². The van der Waals surface area contributed by atoms with Crippen LogP contribution in [0.25, 0.3) is 0 Å². The SMILES string of the molecule is CC(N(C)c1ccc([C@@H](C)O)cc1[N+](=O)[O-])C(C)(C)C. The Bertz CT molecular complexity index is 492. The van der Waals surface area contributed by atoms with Gasteiger partial charge in [0.2, 0.25) is 0 Å². The third kappa shape index (κ3) is 3.48. The molecule has 0 aliphatic rings. The van der Waals surface area contributed by atoms with Crippen molar-refractivity contribution in [2.24, 2.45) is 5.41 Å². The van der Waals surface area contributed by atoms with Gasteiger partial charge in [-0.25, -0.2) is 0 Å². The molecule has 0 radical (unpaired) electrons. The summed E-state index contributed by atoms with van der Waals surface area (Å²) < 4.78 is 0. The predicted molar refractivity (Wildman–Crippen MR) is 81.1 cm³/mol. The summed E-state index contributed by atoms with van der Waals surface area (Å²) in [5.74, 6) is 0. The van der Waals surface area contributed by atoms with Crippen molar-refractivity contribution in [2.45, 2.75) is 46.8 Å². The standard InChI is InChI=1S/C15H24N2O3/c1-10(18)12-7-8-13(14(9-12)17(19)20)16(6)11(2)15(3,4)5/h7-11,18H,1-6H3/t10-,11?/m1/s1. The lowest BCUT2D eigenvalue weighted by Gasteiger charge is -2.36. The summed E-state index contributed by atoms with van der Waals surface area (Å²) in [5.41, 5.74) is 1.16. The molecule has 1 rings (SSSR count). The topological polar surface area (TPSA) is 66.6 Å². The van der Waals surface area contributed by atoms with Gasteiger partial charge in [0.1, 0.15) is 5.69 Å². The minimum Gasteiger partial charge on any atom is -0.389 e. The number of aliphatic hydroxyl groups excluding tert-OH is 1. The number of nitro groups is 1. The third-order valence-electron chi connectivity index (χ3n) is 3.89. The van der Waals surface area contributed by atoms with Crippen molar-refractivity contribution >= 4 is 11.4 Å². The van der Waals surface area contributed by atoms with E-state index in [2.05, 4.69) is 20.8 Å². The summed E-state index contributed by atoms with van der Waals surface area (Å²) in [5, 5.41) is 20.8. The zero-order chi connectivity index (χ0) is 15.7. The fraction of sp³-hybridized carbons (Fsp3) is 0.600. The molecule has 5 heteroatoms. The second-order valence-electron chi connectivity index (χ2n) is 6.33. The Morgan fingerprint density at radius 2 is 1.85 bits per heavy atom. The molecule has 0 aliphatic heterocycles. The van der Waals surface area contributed by atoms with Crippen LogP contribution in [0.2, 0.25) is 0 Å². The maximum absolute atomic E-state index is 11.3. The summed E-state index contributed by atoms with van der Waals surface area (Å²) >= 11 is 0. The highest BCUT2D eigenvalue weighted by Gasteiger charge is 2.28. The van der Waals surface area contributed by atoms with Crippen LogP contribution in [0.4, 0.5) is 11.4 Å². The first-order valence-corrected chi connectivity index (χ1v) is 6.75. The molecule has 5 nitrogen and oxygen atoms in total. The fourth-order valence-corrected chi connectivity index (χ4v) is 2.03. The molecular formula is C15H24N2O3. The average molecular weight is 280 g/mol. The first kappa shape index (κ1) is 16.4. The first-order valence-electron chi connectivity index (χ1n) is 6.75.